The molecule has 0 saturated heterocycles. The number of hydrogen-bond acceptors (Lipinski definition) is 1. The van der Waals surface area contributed by atoms with Gasteiger partial charge in [0.05, 0.1) is 23.5 Å². The van der Waals surface area contributed by atoms with E-state index in [4.69, 9.17) is 46.4 Å². The SMILES string of the molecule is Clc1cc(C(Br)c2cccc(Cl)c2Cl)c(Cl)s1. The lowest BCUT2D eigenvalue weighted by molar-refractivity contribution is 1.19. The monoisotopic (exact) mass is 388 g/mol. The Kier molecular flexibility index (Phi) is 4.67. The van der Waals surface area contributed by atoms with E-state index in [-0.39, 0.29) is 4.83 Å². The molecule has 0 fully saturated rings. The average Bonchev–Trinajstić information content (AvgIpc) is 2.61. The van der Waals surface area contributed by atoms with E-state index < -0.39 is 0 Å². The minimum absolute atomic E-state index is 0.120. The maximum atomic E-state index is 6.16. The Balaban J connectivity index is 2.47. The van der Waals surface area contributed by atoms with Crippen molar-refractivity contribution >= 4 is 73.7 Å². The van der Waals surface area contributed by atoms with Crippen molar-refractivity contribution in [2.24, 2.45) is 0 Å². The summed E-state index contributed by atoms with van der Waals surface area (Å²) in [4.78, 5) is -0.120. The predicted octanol–water partition coefficient (Wildman–Crippen LogP) is 6.85. The first kappa shape index (κ1) is 14.0. The number of hydrogen-bond donors (Lipinski definition) is 0. The molecular formula is C11H5BrCl4S. The van der Waals surface area contributed by atoms with Crippen LogP contribution in [0.5, 0.6) is 0 Å². The minimum atomic E-state index is -0.120. The Labute approximate surface area is 132 Å². The van der Waals surface area contributed by atoms with E-state index in [0.29, 0.717) is 18.7 Å². The lowest BCUT2D eigenvalue weighted by Crippen LogP contribution is -1.93. The molecule has 0 aliphatic heterocycles. The Morgan fingerprint density at radius 3 is 2.35 bits per heavy atom. The number of alkyl halides is 1. The molecule has 0 aliphatic rings. The summed E-state index contributed by atoms with van der Waals surface area (Å²) in [7, 11) is 0. The summed E-state index contributed by atoms with van der Waals surface area (Å²) in [5, 5.41) is 1.04. The van der Waals surface area contributed by atoms with E-state index in [1.807, 2.05) is 18.2 Å². The zero-order chi connectivity index (χ0) is 12.6. The molecule has 0 aliphatic carbocycles. The highest BCUT2D eigenvalue weighted by atomic mass is 79.9. The maximum absolute atomic E-state index is 6.16. The molecule has 1 aromatic carbocycles. The molecule has 0 amide bonds. The summed E-state index contributed by atoms with van der Waals surface area (Å²) in [6, 6.07) is 7.32. The normalized spacial score (nSPS) is 12.8. The third-order valence-electron chi connectivity index (χ3n) is 2.21. The van der Waals surface area contributed by atoms with Gasteiger partial charge >= 0.3 is 0 Å². The van der Waals surface area contributed by atoms with E-state index in [1.54, 1.807) is 6.07 Å². The topological polar surface area (TPSA) is 0 Å². The fraction of sp³-hybridized carbons (Fsp3) is 0.0909. The predicted molar refractivity (Wildman–Crippen MR) is 81.6 cm³/mol. The van der Waals surface area contributed by atoms with Gasteiger partial charge in [-0.1, -0.05) is 74.5 Å². The van der Waals surface area contributed by atoms with Crippen LogP contribution in [-0.2, 0) is 0 Å². The van der Waals surface area contributed by atoms with E-state index in [0.717, 1.165) is 11.1 Å². The lowest BCUT2D eigenvalue weighted by atomic mass is 10.1. The summed E-state index contributed by atoms with van der Waals surface area (Å²) in [6.45, 7) is 0. The number of benzene rings is 1. The molecule has 17 heavy (non-hydrogen) atoms. The van der Waals surface area contributed by atoms with E-state index in [2.05, 4.69) is 15.9 Å². The van der Waals surface area contributed by atoms with Crippen LogP contribution in [-0.4, -0.2) is 0 Å². The van der Waals surface area contributed by atoms with Crippen LogP contribution in [0.3, 0.4) is 0 Å². The Hall–Kier alpha value is 0.560. The van der Waals surface area contributed by atoms with Crippen LogP contribution >= 0.6 is 73.7 Å². The van der Waals surface area contributed by atoms with Crippen LogP contribution in [0.2, 0.25) is 18.7 Å². The number of halogens is 5. The third-order valence-corrected chi connectivity index (χ3v) is 5.55. The van der Waals surface area contributed by atoms with Gasteiger partial charge < -0.3 is 0 Å². The van der Waals surface area contributed by atoms with Crippen molar-refractivity contribution in [1.29, 1.82) is 0 Å². The van der Waals surface area contributed by atoms with Gasteiger partial charge in [-0.05, 0) is 17.7 Å². The second kappa shape index (κ2) is 5.68. The molecule has 1 unspecified atom stereocenters. The standard InChI is InChI=1S/C11H5BrCl4S/c12-9(6-4-8(14)17-11(6)16)5-2-1-3-7(13)10(5)15/h1-4,9H. The van der Waals surface area contributed by atoms with Crippen molar-refractivity contribution in [2.45, 2.75) is 4.83 Å². The first-order valence-electron chi connectivity index (χ1n) is 4.53. The fourth-order valence-electron chi connectivity index (χ4n) is 1.41. The van der Waals surface area contributed by atoms with Gasteiger partial charge in [0.1, 0.15) is 0 Å². The largest absolute Gasteiger partial charge is 0.111 e. The summed E-state index contributed by atoms with van der Waals surface area (Å²) in [5.41, 5.74) is 1.77. The lowest BCUT2D eigenvalue weighted by Gasteiger charge is -2.12. The fourth-order valence-corrected chi connectivity index (χ4v) is 4.52. The summed E-state index contributed by atoms with van der Waals surface area (Å²) >= 11 is 29.1. The zero-order valence-corrected chi connectivity index (χ0v) is 13.6. The molecule has 6 heteroatoms. The molecule has 1 heterocycles. The maximum Gasteiger partial charge on any atom is 0.0990 e. The molecule has 0 nitrogen and oxygen atoms in total. The highest BCUT2D eigenvalue weighted by molar-refractivity contribution is 9.09. The van der Waals surface area contributed by atoms with Gasteiger partial charge in [0, 0.05) is 5.56 Å². The second-order valence-corrected chi connectivity index (χ2v) is 7.27. The van der Waals surface area contributed by atoms with Gasteiger partial charge in [-0.25, -0.2) is 0 Å². The van der Waals surface area contributed by atoms with Crippen molar-refractivity contribution in [2.75, 3.05) is 0 Å². The van der Waals surface area contributed by atoms with Gasteiger partial charge in [-0.15, -0.1) is 11.3 Å². The molecule has 0 saturated carbocycles. The smallest absolute Gasteiger partial charge is 0.0990 e. The van der Waals surface area contributed by atoms with Crippen molar-refractivity contribution in [3.8, 4) is 0 Å². The first-order chi connectivity index (χ1) is 8.00. The van der Waals surface area contributed by atoms with E-state index in [1.165, 1.54) is 11.3 Å². The summed E-state index contributed by atoms with van der Waals surface area (Å²) < 4.78 is 1.29. The molecule has 0 spiro atoms. The average molecular weight is 391 g/mol. The van der Waals surface area contributed by atoms with Crippen LogP contribution in [0.4, 0.5) is 0 Å². The third kappa shape index (κ3) is 2.94. The molecule has 0 radical (unpaired) electrons. The molecule has 90 valence electrons. The Morgan fingerprint density at radius 2 is 1.76 bits per heavy atom. The van der Waals surface area contributed by atoms with E-state index >= 15 is 0 Å². The van der Waals surface area contributed by atoms with Gasteiger partial charge in [0.15, 0.2) is 0 Å². The molecule has 2 aromatic rings. The molecule has 0 N–H and O–H groups in total. The molecule has 2 rings (SSSR count). The Morgan fingerprint density at radius 1 is 1.06 bits per heavy atom. The van der Waals surface area contributed by atoms with Crippen molar-refractivity contribution in [3.05, 3.63) is 54.1 Å². The van der Waals surface area contributed by atoms with Crippen molar-refractivity contribution in [1.82, 2.24) is 0 Å². The van der Waals surface area contributed by atoms with Gasteiger partial charge in [0.25, 0.3) is 0 Å². The van der Waals surface area contributed by atoms with Crippen LogP contribution in [0.1, 0.15) is 16.0 Å². The Bertz CT molecular complexity index is 552. The zero-order valence-electron chi connectivity index (χ0n) is 8.18. The molecular weight excluding hydrogens is 386 g/mol. The summed E-state index contributed by atoms with van der Waals surface area (Å²) in [6.07, 6.45) is 0. The molecule has 1 aromatic heterocycles. The number of rotatable bonds is 2. The highest BCUT2D eigenvalue weighted by Gasteiger charge is 2.19. The second-order valence-electron chi connectivity index (χ2n) is 3.29. The van der Waals surface area contributed by atoms with Crippen LogP contribution in [0.15, 0.2) is 24.3 Å². The number of thiophene rings is 1. The van der Waals surface area contributed by atoms with Gasteiger partial charge in [-0.2, -0.15) is 0 Å². The van der Waals surface area contributed by atoms with Crippen molar-refractivity contribution < 1.29 is 0 Å². The van der Waals surface area contributed by atoms with Crippen LogP contribution < -0.4 is 0 Å². The van der Waals surface area contributed by atoms with Gasteiger partial charge in [-0.3, -0.25) is 0 Å². The summed E-state index contributed by atoms with van der Waals surface area (Å²) in [5.74, 6) is 0. The molecule has 1 atom stereocenters. The van der Waals surface area contributed by atoms with Crippen LogP contribution in [0.25, 0.3) is 0 Å². The quantitative estimate of drug-likeness (QED) is 0.492. The first-order valence-corrected chi connectivity index (χ1v) is 7.78. The molecule has 0 bridgehead atoms. The van der Waals surface area contributed by atoms with E-state index in [9.17, 15) is 0 Å². The van der Waals surface area contributed by atoms with Gasteiger partial charge in [0.2, 0.25) is 0 Å². The highest BCUT2D eigenvalue weighted by Crippen LogP contribution is 2.44. The van der Waals surface area contributed by atoms with Crippen molar-refractivity contribution in [3.63, 3.8) is 0 Å². The van der Waals surface area contributed by atoms with Crippen LogP contribution in [0, 0.1) is 0 Å². The minimum Gasteiger partial charge on any atom is -0.111 e.